The standard InChI is InChI=1S/C34H41N5O/c1-24-10-6-8-12-30(24)37-16-18-38(19-17-37)33(40)28-21-29(26(3)20-25(28)2)36-32-14-15-39(23-34(32,4)5)31-13-9-7-11-27(31)22-35/h6-13,20-21,32,36H,14-19,23H2,1-5H3. The van der Waals surface area contributed by atoms with Crippen molar-refractivity contribution in [3.8, 4) is 6.07 Å². The van der Waals surface area contributed by atoms with Crippen LogP contribution in [-0.2, 0) is 0 Å². The first kappa shape index (κ1) is 27.6. The molecule has 0 bridgehead atoms. The molecule has 2 aliphatic heterocycles. The van der Waals surface area contributed by atoms with Crippen molar-refractivity contribution in [1.82, 2.24) is 4.90 Å². The van der Waals surface area contributed by atoms with Crippen LogP contribution in [0.2, 0.25) is 0 Å². The van der Waals surface area contributed by atoms with E-state index in [0.29, 0.717) is 0 Å². The van der Waals surface area contributed by atoms with Crippen LogP contribution in [-0.4, -0.2) is 56.1 Å². The summed E-state index contributed by atoms with van der Waals surface area (Å²) in [5.74, 6) is 0.118. The van der Waals surface area contributed by atoms with Crippen molar-refractivity contribution in [2.75, 3.05) is 54.4 Å². The third-order valence-corrected chi connectivity index (χ3v) is 8.75. The summed E-state index contributed by atoms with van der Waals surface area (Å²) in [5.41, 5.74) is 8.25. The summed E-state index contributed by atoms with van der Waals surface area (Å²) in [4.78, 5) is 20.4. The van der Waals surface area contributed by atoms with Gasteiger partial charge in [-0.25, -0.2) is 0 Å². The zero-order valence-corrected chi connectivity index (χ0v) is 24.5. The summed E-state index contributed by atoms with van der Waals surface area (Å²) >= 11 is 0. The maximum Gasteiger partial charge on any atom is 0.254 e. The van der Waals surface area contributed by atoms with Gasteiger partial charge in [0.2, 0.25) is 0 Å². The highest BCUT2D eigenvalue weighted by Gasteiger charge is 2.37. The minimum Gasteiger partial charge on any atom is -0.381 e. The summed E-state index contributed by atoms with van der Waals surface area (Å²) in [6.45, 7) is 15.7. The molecule has 0 aromatic heterocycles. The van der Waals surface area contributed by atoms with Gasteiger partial charge in [-0.15, -0.1) is 0 Å². The number of rotatable bonds is 5. The Bertz CT molecular complexity index is 1430. The summed E-state index contributed by atoms with van der Waals surface area (Å²) in [6, 6.07) is 23.2. The molecule has 2 aliphatic rings. The summed E-state index contributed by atoms with van der Waals surface area (Å²) in [6.07, 6.45) is 0.949. The Hall–Kier alpha value is -3.98. The van der Waals surface area contributed by atoms with E-state index in [1.54, 1.807) is 0 Å². The molecule has 1 atom stereocenters. The average Bonchev–Trinajstić information content (AvgIpc) is 2.95. The maximum atomic E-state index is 13.7. The Morgan fingerprint density at radius 3 is 2.20 bits per heavy atom. The minimum atomic E-state index is -0.0335. The molecule has 0 saturated carbocycles. The molecule has 0 radical (unpaired) electrons. The van der Waals surface area contributed by atoms with Gasteiger partial charge in [-0.2, -0.15) is 5.26 Å². The van der Waals surface area contributed by atoms with Gasteiger partial charge >= 0.3 is 0 Å². The van der Waals surface area contributed by atoms with Crippen molar-refractivity contribution >= 4 is 23.0 Å². The molecule has 2 heterocycles. The first-order chi connectivity index (χ1) is 19.2. The van der Waals surface area contributed by atoms with Crippen molar-refractivity contribution in [3.05, 3.63) is 88.5 Å². The van der Waals surface area contributed by atoms with Gasteiger partial charge in [0, 0.05) is 67.7 Å². The number of carbonyl (C=O) groups excluding carboxylic acids is 1. The SMILES string of the molecule is Cc1cc(C)c(C(=O)N2CCN(c3ccccc3C)CC2)cc1NC1CCN(c2ccccc2C#N)CC1(C)C. The monoisotopic (exact) mass is 535 g/mol. The number of piperazine rings is 1. The van der Waals surface area contributed by atoms with Crippen LogP contribution in [0.5, 0.6) is 0 Å². The molecule has 2 fully saturated rings. The van der Waals surface area contributed by atoms with Crippen molar-refractivity contribution in [3.63, 3.8) is 0 Å². The van der Waals surface area contributed by atoms with Gasteiger partial charge in [-0.1, -0.05) is 50.2 Å². The van der Waals surface area contributed by atoms with Crippen LogP contribution >= 0.6 is 0 Å². The van der Waals surface area contributed by atoms with Gasteiger partial charge in [0.05, 0.1) is 11.3 Å². The number of anilines is 3. The van der Waals surface area contributed by atoms with Crippen LogP contribution in [0.4, 0.5) is 17.1 Å². The van der Waals surface area contributed by atoms with Crippen LogP contribution in [0.3, 0.4) is 0 Å². The smallest absolute Gasteiger partial charge is 0.254 e. The molecule has 1 N–H and O–H groups in total. The van der Waals surface area contributed by atoms with E-state index in [1.807, 2.05) is 36.1 Å². The lowest BCUT2D eigenvalue weighted by Crippen LogP contribution is -2.52. The second-order valence-electron chi connectivity index (χ2n) is 12.1. The number of aryl methyl sites for hydroxylation is 3. The number of nitrogens with one attached hydrogen (secondary N) is 1. The molecule has 40 heavy (non-hydrogen) atoms. The zero-order valence-electron chi connectivity index (χ0n) is 24.5. The highest BCUT2D eigenvalue weighted by atomic mass is 16.2. The van der Waals surface area contributed by atoms with E-state index in [4.69, 9.17) is 0 Å². The van der Waals surface area contributed by atoms with Gasteiger partial charge in [0.15, 0.2) is 0 Å². The molecule has 1 unspecified atom stereocenters. The third-order valence-electron chi connectivity index (χ3n) is 8.75. The van der Waals surface area contributed by atoms with Gasteiger partial charge in [-0.3, -0.25) is 4.79 Å². The second kappa shape index (κ2) is 11.3. The lowest BCUT2D eigenvalue weighted by atomic mass is 9.78. The van der Waals surface area contributed by atoms with Crippen LogP contribution in [0.25, 0.3) is 0 Å². The molecule has 0 spiro atoms. The Kier molecular flexibility index (Phi) is 7.76. The summed E-state index contributed by atoms with van der Waals surface area (Å²) in [5, 5.41) is 13.4. The van der Waals surface area contributed by atoms with Crippen molar-refractivity contribution < 1.29 is 4.79 Å². The second-order valence-corrected chi connectivity index (χ2v) is 12.1. The molecule has 6 nitrogen and oxygen atoms in total. The number of nitriles is 1. The van der Waals surface area contributed by atoms with E-state index in [1.165, 1.54) is 11.3 Å². The highest BCUT2D eigenvalue weighted by molar-refractivity contribution is 5.97. The largest absolute Gasteiger partial charge is 0.381 e. The number of amides is 1. The lowest BCUT2D eigenvalue weighted by molar-refractivity contribution is 0.0746. The summed E-state index contributed by atoms with van der Waals surface area (Å²) < 4.78 is 0. The molecule has 5 rings (SSSR count). The predicted octanol–water partition coefficient (Wildman–Crippen LogP) is 6.16. The van der Waals surface area contributed by atoms with Crippen molar-refractivity contribution in [2.45, 2.75) is 47.1 Å². The van der Waals surface area contributed by atoms with Crippen LogP contribution in [0, 0.1) is 37.5 Å². The number of hydrogen-bond acceptors (Lipinski definition) is 5. The molecule has 3 aromatic rings. The van der Waals surface area contributed by atoms with E-state index in [9.17, 15) is 10.1 Å². The fourth-order valence-corrected chi connectivity index (χ4v) is 6.34. The fraction of sp³-hybridized carbons (Fsp3) is 0.412. The first-order valence-electron chi connectivity index (χ1n) is 14.4. The molecule has 3 aromatic carbocycles. The molecule has 0 aliphatic carbocycles. The minimum absolute atomic E-state index is 0.0335. The Morgan fingerprint density at radius 2 is 1.52 bits per heavy atom. The summed E-state index contributed by atoms with van der Waals surface area (Å²) in [7, 11) is 0. The Balaban J connectivity index is 1.28. The number of para-hydroxylation sites is 2. The molecule has 208 valence electrons. The number of hydrogen-bond donors (Lipinski definition) is 1. The van der Waals surface area contributed by atoms with Gasteiger partial charge in [-0.05, 0) is 68.1 Å². The highest BCUT2D eigenvalue weighted by Crippen LogP contribution is 2.36. The molecule has 2 saturated heterocycles. The van der Waals surface area contributed by atoms with Crippen LogP contribution < -0.4 is 15.1 Å². The van der Waals surface area contributed by atoms with Gasteiger partial charge in [0.1, 0.15) is 6.07 Å². The van der Waals surface area contributed by atoms with E-state index in [2.05, 4.69) is 85.3 Å². The third kappa shape index (κ3) is 5.51. The van der Waals surface area contributed by atoms with Crippen molar-refractivity contribution in [2.24, 2.45) is 5.41 Å². The normalized spacial score (nSPS) is 18.8. The van der Waals surface area contributed by atoms with Crippen molar-refractivity contribution in [1.29, 1.82) is 5.26 Å². The molecule has 1 amide bonds. The van der Waals surface area contributed by atoms with Gasteiger partial charge < -0.3 is 20.0 Å². The number of nitrogens with zero attached hydrogens (tertiary/aromatic N) is 4. The van der Waals surface area contributed by atoms with Crippen LogP contribution in [0.1, 0.15) is 52.9 Å². The Labute approximate surface area is 239 Å². The van der Waals surface area contributed by atoms with E-state index in [-0.39, 0.29) is 17.4 Å². The Morgan fingerprint density at radius 1 is 0.850 bits per heavy atom. The average molecular weight is 536 g/mol. The lowest BCUT2D eigenvalue weighted by Gasteiger charge is -2.46. The zero-order chi connectivity index (χ0) is 28.4. The van der Waals surface area contributed by atoms with E-state index in [0.717, 1.165) is 79.3 Å². The number of carbonyl (C=O) groups is 1. The fourth-order valence-electron chi connectivity index (χ4n) is 6.34. The topological polar surface area (TPSA) is 62.6 Å². The maximum absolute atomic E-state index is 13.7. The molecule has 6 heteroatoms. The van der Waals surface area contributed by atoms with E-state index < -0.39 is 0 Å². The molecular weight excluding hydrogens is 494 g/mol. The quantitative estimate of drug-likeness (QED) is 0.424. The molecular formula is C34H41N5O. The first-order valence-corrected chi connectivity index (χ1v) is 14.4. The number of piperidine rings is 1. The van der Waals surface area contributed by atoms with Crippen LogP contribution in [0.15, 0.2) is 60.7 Å². The number of benzene rings is 3. The van der Waals surface area contributed by atoms with E-state index >= 15 is 0 Å². The predicted molar refractivity (Wildman–Crippen MR) is 164 cm³/mol. The van der Waals surface area contributed by atoms with Gasteiger partial charge in [0.25, 0.3) is 5.91 Å².